The monoisotopic (exact) mass is 444 g/mol. The topological polar surface area (TPSA) is 32.8 Å². The first-order valence-corrected chi connectivity index (χ1v) is 11.3. The van der Waals surface area contributed by atoms with Gasteiger partial charge in [-0.1, -0.05) is 43.7 Å². The molecule has 1 aliphatic rings. The number of benzene rings is 2. The van der Waals surface area contributed by atoms with E-state index in [9.17, 15) is 13.6 Å². The minimum absolute atomic E-state index is 0.0589. The normalized spacial score (nSPS) is 19.0. The number of hydrogen-bond donors (Lipinski definition) is 0. The van der Waals surface area contributed by atoms with Gasteiger partial charge in [-0.3, -0.25) is 9.69 Å². The zero-order valence-corrected chi connectivity index (χ0v) is 19.5. The van der Waals surface area contributed by atoms with Gasteiger partial charge >= 0.3 is 0 Å². The van der Waals surface area contributed by atoms with E-state index >= 15 is 0 Å². The van der Waals surface area contributed by atoms with Gasteiger partial charge in [-0.15, -0.1) is 0 Å². The van der Waals surface area contributed by atoms with Gasteiger partial charge in [0.2, 0.25) is 5.91 Å². The highest BCUT2D eigenvalue weighted by atomic mass is 19.1. The molecule has 0 bridgehead atoms. The van der Waals surface area contributed by atoms with Gasteiger partial charge in [0.15, 0.2) is 0 Å². The number of carbonyl (C=O) groups excluding carboxylic acids is 1. The van der Waals surface area contributed by atoms with E-state index in [0.717, 1.165) is 11.1 Å². The number of carbonyl (C=O) groups is 1. The summed E-state index contributed by atoms with van der Waals surface area (Å²) < 4.78 is 33.6. The first-order valence-electron chi connectivity index (χ1n) is 11.3. The number of halogens is 2. The van der Waals surface area contributed by atoms with Crippen LogP contribution in [0.3, 0.4) is 0 Å². The molecule has 1 saturated heterocycles. The zero-order valence-electron chi connectivity index (χ0n) is 19.5. The van der Waals surface area contributed by atoms with Crippen LogP contribution < -0.4 is 0 Å². The third-order valence-corrected chi connectivity index (χ3v) is 6.21. The highest BCUT2D eigenvalue weighted by molar-refractivity contribution is 5.78. The van der Waals surface area contributed by atoms with Crippen molar-refractivity contribution in [3.05, 3.63) is 70.8 Å². The van der Waals surface area contributed by atoms with E-state index in [0.29, 0.717) is 44.9 Å². The summed E-state index contributed by atoms with van der Waals surface area (Å²) in [5, 5.41) is 0. The van der Waals surface area contributed by atoms with E-state index < -0.39 is 0 Å². The van der Waals surface area contributed by atoms with E-state index in [1.54, 1.807) is 25.3 Å². The van der Waals surface area contributed by atoms with Crippen molar-refractivity contribution in [1.29, 1.82) is 0 Å². The fraction of sp³-hybridized carbons (Fsp3) is 0.500. The fourth-order valence-corrected chi connectivity index (χ4v) is 4.60. The summed E-state index contributed by atoms with van der Waals surface area (Å²) in [6.45, 7) is 9.19. The minimum atomic E-state index is -0.265. The Morgan fingerprint density at radius 3 is 2.66 bits per heavy atom. The van der Waals surface area contributed by atoms with E-state index in [1.165, 1.54) is 12.1 Å². The van der Waals surface area contributed by atoms with Crippen molar-refractivity contribution < 1.29 is 18.3 Å². The Balaban J connectivity index is 1.84. The molecule has 174 valence electrons. The molecule has 6 heteroatoms. The summed E-state index contributed by atoms with van der Waals surface area (Å²) in [5.41, 5.74) is 2.61. The number of hydrogen-bond acceptors (Lipinski definition) is 3. The summed E-state index contributed by atoms with van der Waals surface area (Å²) >= 11 is 0. The molecule has 1 aliphatic heterocycles. The molecular weight excluding hydrogens is 410 g/mol. The first-order chi connectivity index (χ1) is 15.3. The SMILES string of the molecule is COCCN(CC1CN(Cc2cc(C)ccc2F)CC1c1cccc(F)c1)C(=O)C(C)C. The second kappa shape index (κ2) is 11.0. The molecule has 0 aromatic heterocycles. The number of nitrogens with zero attached hydrogens (tertiary/aromatic N) is 2. The van der Waals surface area contributed by atoms with Crippen LogP contribution in [0.15, 0.2) is 42.5 Å². The molecule has 2 aromatic carbocycles. The molecule has 0 saturated carbocycles. The van der Waals surface area contributed by atoms with Crippen LogP contribution in [-0.4, -0.2) is 55.6 Å². The van der Waals surface area contributed by atoms with Crippen molar-refractivity contribution in [2.75, 3.05) is 39.9 Å². The number of likely N-dealkylation sites (tertiary alicyclic amines) is 1. The number of amides is 1. The quantitative estimate of drug-likeness (QED) is 0.566. The lowest BCUT2D eigenvalue weighted by Crippen LogP contribution is -2.41. The van der Waals surface area contributed by atoms with Crippen LogP contribution in [0.2, 0.25) is 0 Å². The Hall–Kier alpha value is -2.31. The summed E-state index contributed by atoms with van der Waals surface area (Å²) in [5.74, 6) is -0.327. The smallest absolute Gasteiger partial charge is 0.225 e. The van der Waals surface area contributed by atoms with E-state index in [2.05, 4.69) is 4.90 Å². The molecule has 1 heterocycles. The predicted octanol–water partition coefficient (Wildman–Crippen LogP) is 4.62. The summed E-state index contributed by atoms with van der Waals surface area (Å²) in [4.78, 5) is 16.9. The van der Waals surface area contributed by atoms with E-state index in [-0.39, 0.29) is 35.3 Å². The third-order valence-electron chi connectivity index (χ3n) is 6.21. The molecule has 0 aliphatic carbocycles. The summed E-state index contributed by atoms with van der Waals surface area (Å²) in [6.07, 6.45) is 0. The van der Waals surface area contributed by atoms with Crippen molar-refractivity contribution >= 4 is 5.91 Å². The number of ether oxygens (including phenoxy) is 1. The van der Waals surface area contributed by atoms with Crippen molar-refractivity contribution in [3.8, 4) is 0 Å². The largest absolute Gasteiger partial charge is 0.383 e. The number of rotatable bonds is 9. The van der Waals surface area contributed by atoms with Crippen LogP contribution in [0.25, 0.3) is 0 Å². The van der Waals surface area contributed by atoms with Gasteiger partial charge in [0, 0.05) is 57.2 Å². The van der Waals surface area contributed by atoms with Gasteiger partial charge in [-0.25, -0.2) is 8.78 Å². The van der Waals surface area contributed by atoms with Crippen LogP contribution in [0.5, 0.6) is 0 Å². The molecule has 1 fully saturated rings. The Morgan fingerprint density at radius 1 is 1.19 bits per heavy atom. The average molecular weight is 445 g/mol. The van der Waals surface area contributed by atoms with Gasteiger partial charge in [0.1, 0.15) is 11.6 Å². The van der Waals surface area contributed by atoms with Crippen LogP contribution in [0.1, 0.15) is 36.5 Å². The second-order valence-corrected chi connectivity index (χ2v) is 9.14. The molecule has 1 amide bonds. The van der Waals surface area contributed by atoms with Crippen molar-refractivity contribution in [2.24, 2.45) is 11.8 Å². The molecule has 2 unspecified atom stereocenters. The van der Waals surface area contributed by atoms with Gasteiger partial charge < -0.3 is 9.64 Å². The maximum Gasteiger partial charge on any atom is 0.225 e. The minimum Gasteiger partial charge on any atom is -0.383 e. The Morgan fingerprint density at radius 2 is 1.97 bits per heavy atom. The van der Waals surface area contributed by atoms with Crippen molar-refractivity contribution in [1.82, 2.24) is 9.80 Å². The lowest BCUT2D eigenvalue weighted by molar-refractivity contribution is -0.135. The third kappa shape index (κ3) is 6.14. The molecule has 2 atom stereocenters. The average Bonchev–Trinajstić information content (AvgIpc) is 3.15. The Bertz CT molecular complexity index is 918. The first kappa shape index (κ1) is 24.3. The van der Waals surface area contributed by atoms with Crippen molar-refractivity contribution in [3.63, 3.8) is 0 Å². The van der Waals surface area contributed by atoms with Gasteiger partial charge in [-0.2, -0.15) is 0 Å². The van der Waals surface area contributed by atoms with Crippen LogP contribution >= 0.6 is 0 Å². The van der Waals surface area contributed by atoms with Crippen LogP contribution in [0, 0.1) is 30.4 Å². The van der Waals surface area contributed by atoms with Crippen LogP contribution in [0.4, 0.5) is 8.78 Å². The molecule has 0 spiro atoms. The zero-order chi connectivity index (χ0) is 23.3. The molecule has 4 nitrogen and oxygen atoms in total. The molecule has 0 N–H and O–H groups in total. The van der Waals surface area contributed by atoms with Crippen molar-refractivity contribution in [2.45, 2.75) is 33.2 Å². The lowest BCUT2D eigenvalue weighted by Gasteiger charge is -2.29. The number of aryl methyl sites for hydroxylation is 1. The van der Waals surface area contributed by atoms with Gasteiger partial charge in [-0.05, 0) is 36.6 Å². The maximum atomic E-state index is 14.4. The predicted molar refractivity (Wildman–Crippen MR) is 122 cm³/mol. The Labute approximate surface area is 190 Å². The summed E-state index contributed by atoms with van der Waals surface area (Å²) in [7, 11) is 1.63. The Kier molecular flexibility index (Phi) is 8.38. The van der Waals surface area contributed by atoms with Gasteiger partial charge in [0.25, 0.3) is 0 Å². The second-order valence-electron chi connectivity index (χ2n) is 9.14. The highest BCUT2D eigenvalue weighted by Gasteiger charge is 2.36. The van der Waals surface area contributed by atoms with E-state index in [4.69, 9.17) is 4.74 Å². The molecule has 0 radical (unpaired) electrons. The molecule has 2 aromatic rings. The summed E-state index contributed by atoms with van der Waals surface area (Å²) in [6, 6.07) is 11.9. The lowest BCUT2D eigenvalue weighted by atomic mass is 9.88. The molecular formula is C26H34F2N2O2. The molecule has 32 heavy (non-hydrogen) atoms. The standard InChI is InChI=1S/C26H34F2N2O2/c1-18(2)26(31)30(10-11-32-4)16-22-15-29(14-21-12-19(3)8-9-25(21)28)17-24(22)20-6-5-7-23(27)13-20/h5-9,12-13,18,22,24H,10-11,14-17H2,1-4H3. The highest BCUT2D eigenvalue weighted by Crippen LogP contribution is 2.35. The van der Waals surface area contributed by atoms with E-state index in [1.807, 2.05) is 37.8 Å². The van der Waals surface area contributed by atoms with Gasteiger partial charge in [0.05, 0.1) is 6.61 Å². The molecule has 3 rings (SSSR count). The number of methoxy groups -OCH3 is 1. The maximum absolute atomic E-state index is 14.4. The van der Waals surface area contributed by atoms with Crippen LogP contribution in [-0.2, 0) is 16.1 Å². The fourth-order valence-electron chi connectivity index (χ4n) is 4.60.